The number of hydrogen-bond acceptors (Lipinski definition) is 0. The van der Waals surface area contributed by atoms with Crippen molar-refractivity contribution >= 4 is 69.2 Å². The van der Waals surface area contributed by atoms with Crippen molar-refractivity contribution in [2.45, 2.75) is 0 Å². The number of fused-ring (bicyclic) bond motifs is 2. The molecular formula is C54H40Au2P2+2. The third kappa shape index (κ3) is 11.1. The zero-order valence-electron chi connectivity index (χ0n) is 31.5. The molecule has 0 saturated carbocycles. The average Bonchev–Trinajstić information content (AvgIpc) is 3.28. The van der Waals surface area contributed by atoms with Crippen molar-refractivity contribution in [1.29, 1.82) is 0 Å². The molecule has 0 N–H and O–H groups in total. The van der Waals surface area contributed by atoms with E-state index in [2.05, 4.69) is 164 Å². The van der Waals surface area contributed by atoms with Crippen LogP contribution in [0.2, 0.25) is 0 Å². The molecule has 0 aliphatic carbocycles. The molecule has 0 unspecified atom stereocenters. The SMILES string of the molecule is [Au+].[Au+].[C-]#Cc1ccc2ccccc2c1.[C-]#Cc1cccc2ccccc12.c1ccc([PH+](c2ccccc2)c2ccccc2[PH+](c2ccccc2)c2ccccc2)cc1. The van der Waals surface area contributed by atoms with E-state index in [-0.39, 0.29) is 44.8 Å². The number of hydrogen-bond donors (Lipinski definition) is 0. The summed E-state index contributed by atoms with van der Waals surface area (Å²) in [5.74, 6) is 4.79. The molecule has 0 aromatic heterocycles. The molecule has 0 atom stereocenters. The predicted octanol–water partition coefficient (Wildman–Crippen LogP) is 10.2. The zero-order chi connectivity index (χ0) is 38.4. The summed E-state index contributed by atoms with van der Waals surface area (Å²) >= 11 is 0. The predicted molar refractivity (Wildman–Crippen MR) is 247 cm³/mol. The normalized spacial score (nSPS) is 10.1. The molecule has 9 rings (SSSR count). The van der Waals surface area contributed by atoms with Crippen LogP contribution in [-0.4, -0.2) is 0 Å². The van der Waals surface area contributed by atoms with Crippen molar-refractivity contribution in [3.05, 3.63) is 254 Å². The summed E-state index contributed by atoms with van der Waals surface area (Å²) in [6, 6.07) is 81.3. The van der Waals surface area contributed by atoms with Gasteiger partial charge in [0.15, 0.2) is 0 Å². The van der Waals surface area contributed by atoms with Gasteiger partial charge in [-0.15, -0.1) is 29.3 Å². The van der Waals surface area contributed by atoms with Gasteiger partial charge in [-0.05, 0) is 76.8 Å². The molecule has 0 radical (unpaired) electrons. The molecule has 4 heteroatoms. The van der Waals surface area contributed by atoms with E-state index >= 15 is 0 Å². The van der Waals surface area contributed by atoms with Gasteiger partial charge in [-0.2, -0.15) is 0 Å². The van der Waals surface area contributed by atoms with Gasteiger partial charge in [0, 0.05) is 0 Å². The monoisotopic (exact) mass is 1140 g/mol. The molecule has 0 aliphatic heterocycles. The van der Waals surface area contributed by atoms with Gasteiger partial charge < -0.3 is 12.8 Å². The molecule has 0 heterocycles. The van der Waals surface area contributed by atoms with Gasteiger partial charge >= 0.3 is 44.8 Å². The minimum absolute atomic E-state index is 0. The van der Waals surface area contributed by atoms with E-state index in [4.69, 9.17) is 12.8 Å². The van der Waals surface area contributed by atoms with E-state index in [0.717, 1.165) is 27.3 Å². The van der Waals surface area contributed by atoms with Gasteiger partial charge in [0.25, 0.3) is 0 Å². The Balaban J connectivity index is 0.000000201. The van der Waals surface area contributed by atoms with Crippen LogP contribution in [0.25, 0.3) is 21.5 Å². The average molecular weight is 1140 g/mol. The molecular weight excluding hydrogens is 1100 g/mol. The van der Waals surface area contributed by atoms with Gasteiger partial charge in [0.2, 0.25) is 0 Å². The van der Waals surface area contributed by atoms with Crippen molar-refractivity contribution in [3.63, 3.8) is 0 Å². The third-order valence-corrected chi connectivity index (χ3v) is 15.4. The van der Waals surface area contributed by atoms with Gasteiger partial charge in [-0.25, -0.2) is 0 Å². The molecule has 286 valence electrons. The summed E-state index contributed by atoms with van der Waals surface area (Å²) in [5.41, 5.74) is 1.68. The first-order valence-electron chi connectivity index (χ1n) is 18.6. The Labute approximate surface area is 377 Å². The van der Waals surface area contributed by atoms with Gasteiger partial charge in [0.1, 0.15) is 47.7 Å². The van der Waals surface area contributed by atoms with Crippen molar-refractivity contribution in [2.75, 3.05) is 0 Å². The first kappa shape index (κ1) is 44.1. The maximum Gasteiger partial charge on any atom is 1.00 e. The quantitative estimate of drug-likeness (QED) is 0.0674. The summed E-state index contributed by atoms with van der Waals surface area (Å²) in [7, 11) is -2.28. The molecule has 58 heavy (non-hydrogen) atoms. The van der Waals surface area contributed by atoms with Crippen molar-refractivity contribution in [2.24, 2.45) is 0 Å². The van der Waals surface area contributed by atoms with E-state index in [0.29, 0.717) is 0 Å². The topological polar surface area (TPSA) is 0 Å². The Bertz CT molecular complexity index is 2530. The van der Waals surface area contributed by atoms with Crippen LogP contribution in [0, 0.1) is 24.7 Å². The van der Waals surface area contributed by atoms with E-state index in [1.54, 1.807) is 0 Å². The maximum absolute atomic E-state index is 7.08. The Morgan fingerprint density at radius 3 is 1.14 bits per heavy atom. The summed E-state index contributed by atoms with van der Waals surface area (Å²) in [4.78, 5) is 0. The Kier molecular flexibility index (Phi) is 17.3. The minimum Gasteiger partial charge on any atom is -0.366 e. The van der Waals surface area contributed by atoms with E-state index in [1.165, 1.54) is 37.2 Å². The number of rotatable bonds is 6. The molecule has 0 spiro atoms. The minimum atomic E-state index is -1.14. The van der Waals surface area contributed by atoms with Crippen LogP contribution in [-0.2, 0) is 44.8 Å². The van der Waals surface area contributed by atoms with Crippen molar-refractivity contribution in [1.82, 2.24) is 0 Å². The molecule has 0 aliphatic rings. The van der Waals surface area contributed by atoms with Crippen LogP contribution in [0.5, 0.6) is 0 Å². The standard InChI is InChI=1S/C30H24P2.2C12H7.2Au/c1-5-15-25(16-6-1)31(26-17-7-2-8-18-26)29-23-13-14-24-30(29)32(27-19-9-3-10-20-27)28-21-11-4-12-22-28;1-2-10-7-5-8-11-6-3-4-9-12(10)11;1-2-10-7-8-11-5-3-4-6-12(11)9-10;;/h1-24H;2*3-9H;;/q;2*-1;2*+1/p+2. The largest absolute Gasteiger partial charge is 1.00 e. The molecule has 0 fully saturated rings. The molecule has 9 aromatic carbocycles. The fourth-order valence-corrected chi connectivity index (χ4v) is 12.9. The second kappa shape index (κ2) is 22.8. The van der Waals surface area contributed by atoms with Crippen LogP contribution in [0.3, 0.4) is 0 Å². The molecule has 0 bridgehead atoms. The fourth-order valence-electron chi connectivity index (χ4n) is 6.90. The first-order valence-corrected chi connectivity index (χ1v) is 21.6. The smallest absolute Gasteiger partial charge is 0.366 e. The summed E-state index contributed by atoms with van der Waals surface area (Å²) < 4.78 is 0. The van der Waals surface area contributed by atoms with Crippen LogP contribution in [0.4, 0.5) is 0 Å². The third-order valence-electron chi connectivity index (χ3n) is 9.53. The molecule has 9 aromatic rings. The van der Waals surface area contributed by atoms with E-state index in [1.807, 2.05) is 78.9 Å². The Morgan fingerprint density at radius 2 is 0.690 bits per heavy atom. The van der Waals surface area contributed by atoms with Crippen LogP contribution < -0.4 is 31.8 Å². The first-order chi connectivity index (χ1) is 27.7. The summed E-state index contributed by atoms with van der Waals surface area (Å²) in [5, 5.41) is 13.3. The molecule has 0 saturated heterocycles. The summed E-state index contributed by atoms with van der Waals surface area (Å²) in [6.07, 6.45) is 14.0. The maximum atomic E-state index is 7.08. The van der Waals surface area contributed by atoms with Crippen LogP contribution in [0.15, 0.2) is 231 Å². The van der Waals surface area contributed by atoms with Gasteiger partial charge in [-0.3, -0.25) is 11.8 Å². The van der Waals surface area contributed by atoms with Gasteiger partial charge in [0.05, 0.1) is 0 Å². The Morgan fingerprint density at radius 1 is 0.310 bits per heavy atom. The van der Waals surface area contributed by atoms with Crippen LogP contribution >= 0.6 is 15.8 Å². The zero-order valence-corrected chi connectivity index (χ0v) is 37.9. The van der Waals surface area contributed by atoms with Crippen molar-refractivity contribution in [3.8, 4) is 11.8 Å². The second-order valence-corrected chi connectivity index (χ2v) is 18.0. The van der Waals surface area contributed by atoms with Gasteiger partial charge in [-0.1, -0.05) is 157 Å². The fraction of sp³-hybridized carbons (Fsp3) is 0. The second-order valence-electron chi connectivity index (χ2n) is 13.1. The number of benzene rings is 9. The van der Waals surface area contributed by atoms with Crippen LogP contribution in [0.1, 0.15) is 11.1 Å². The molecule has 0 nitrogen and oxygen atoms in total. The van der Waals surface area contributed by atoms with E-state index in [9.17, 15) is 0 Å². The molecule has 0 amide bonds. The Hall–Kier alpha value is -5.04. The van der Waals surface area contributed by atoms with E-state index < -0.39 is 15.8 Å². The van der Waals surface area contributed by atoms with Crippen molar-refractivity contribution < 1.29 is 44.8 Å². The summed E-state index contributed by atoms with van der Waals surface area (Å²) in [6.45, 7) is 0.